The zero-order valence-electron chi connectivity index (χ0n) is 9.34. The lowest BCUT2D eigenvalue weighted by Crippen LogP contribution is -1.93. The molecule has 1 N–H and O–H groups in total. The van der Waals surface area contributed by atoms with Crippen LogP contribution in [0.3, 0.4) is 0 Å². The molecule has 0 amide bonds. The molecule has 1 heterocycles. The number of carboxylic acids is 1. The number of benzene rings is 1. The molecule has 0 saturated heterocycles. The molecule has 4 heteroatoms. The number of carboxylic acid groups (broad SMARTS) is 1. The van der Waals surface area contributed by atoms with E-state index in [4.69, 9.17) is 9.84 Å². The maximum Gasteiger partial charge on any atom is 0.345 e. The van der Waals surface area contributed by atoms with Gasteiger partial charge in [0, 0.05) is 4.88 Å². The summed E-state index contributed by atoms with van der Waals surface area (Å²) in [5, 5.41) is 8.78. The molecular formula is C13H12O3S. The molecule has 0 radical (unpaired) electrons. The van der Waals surface area contributed by atoms with Crippen LogP contribution in [0, 0.1) is 6.92 Å². The molecule has 0 unspecified atom stereocenters. The topological polar surface area (TPSA) is 46.5 Å². The highest BCUT2D eigenvalue weighted by molar-refractivity contribution is 7.13. The molecule has 0 aliphatic carbocycles. The summed E-state index contributed by atoms with van der Waals surface area (Å²) < 4.78 is 5.56. The summed E-state index contributed by atoms with van der Waals surface area (Å²) in [5.74, 6) is -0.0996. The SMILES string of the molecule is Cc1ccc(OCc2ccc(C(=O)O)s2)cc1. The Morgan fingerprint density at radius 3 is 2.53 bits per heavy atom. The molecule has 0 aliphatic rings. The number of hydrogen-bond acceptors (Lipinski definition) is 3. The van der Waals surface area contributed by atoms with Crippen LogP contribution in [0.1, 0.15) is 20.1 Å². The van der Waals surface area contributed by atoms with E-state index in [0.29, 0.717) is 11.5 Å². The highest BCUT2D eigenvalue weighted by Crippen LogP contribution is 2.19. The molecule has 0 atom stereocenters. The summed E-state index contributed by atoms with van der Waals surface area (Å²) in [6, 6.07) is 11.1. The smallest absolute Gasteiger partial charge is 0.345 e. The number of aromatic carboxylic acids is 1. The first-order valence-corrected chi connectivity index (χ1v) is 5.98. The Labute approximate surface area is 103 Å². The third-order valence-corrected chi connectivity index (χ3v) is 3.32. The van der Waals surface area contributed by atoms with Crippen LogP contribution in [0.25, 0.3) is 0 Å². The van der Waals surface area contributed by atoms with Crippen LogP contribution < -0.4 is 4.74 Å². The Morgan fingerprint density at radius 1 is 1.24 bits per heavy atom. The fourth-order valence-electron chi connectivity index (χ4n) is 1.36. The molecule has 0 aliphatic heterocycles. The minimum Gasteiger partial charge on any atom is -0.488 e. The summed E-state index contributed by atoms with van der Waals surface area (Å²) in [6.45, 7) is 2.42. The van der Waals surface area contributed by atoms with Gasteiger partial charge >= 0.3 is 5.97 Å². The summed E-state index contributed by atoms with van der Waals surface area (Å²) in [5.41, 5.74) is 1.18. The van der Waals surface area contributed by atoms with Gasteiger partial charge in [-0.25, -0.2) is 4.79 Å². The molecule has 0 saturated carbocycles. The zero-order valence-corrected chi connectivity index (χ0v) is 10.2. The fraction of sp³-hybridized carbons (Fsp3) is 0.154. The van der Waals surface area contributed by atoms with Crippen molar-refractivity contribution < 1.29 is 14.6 Å². The molecule has 17 heavy (non-hydrogen) atoms. The lowest BCUT2D eigenvalue weighted by Gasteiger charge is -2.04. The number of carbonyl (C=O) groups is 1. The van der Waals surface area contributed by atoms with Gasteiger partial charge < -0.3 is 9.84 Å². The van der Waals surface area contributed by atoms with E-state index in [1.165, 1.54) is 16.9 Å². The van der Waals surface area contributed by atoms with E-state index in [-0.39, 0.29) is 0 Å². The normalized spacial score (nSPS) is 10.2. The summed E-state index contributed by atoms with van der Waals surface area (Å²) in [6.07, 6.45) is 0. The molecule has 0 bridgehead atoms. The van der Waals surface area contributed by atoms with E-state index in [1.807, 2.05) is 31.2 Å². The number of aryl methyl sites for hydroxylation is 1. The quantitative estimate of drug-likeness (QED) is 0.902. The lowest BCUT2D eigenvalue weighted by molar-refractivity contribution is 0.0702. The van der Waals surface area contributed by atoms with Crippen LogP contribution in [0.2, 0.25) is 0 Å². The molecule has 2 rings (SSSR count). The van der Waals surface area contributed by atoms with Crippen molar-refractivity contribution in [2.75, 3.05) is 0 Å². The molecule has 1 aromatic carbocycles. The van der Waals surface area contributed by atoms with Gasteiger partial charge in [-0.05, 0) is 31.2 Å². The van der Waals surface area contributed by atoms with E-state index in [0.717, 1.165) is 10.6 Å². The monoisotopic (exact) mass is 248 g/mol. The Hall–Kier alpha value is -1.81. The maximum absolute atomic E-state index is 10.7. The fourth-order valence-corrected chi connectivity index (χ4v) is 2.12. The van der Waals surface area contributed by atoms with E-state index in [2.05, 4.69) is 0 Å². The van der Waals surface area contributed by atoms with Crippen molar-refractivity contribution >= 4 is 17.3 Å². The van der Waals surface area contributed by atoms with E-state index < -0.39 is 5.97 Å². The standard InChI is InChI=1S/C13H12O3S/c1-9-2-4-10(5-3-9)16-8-11-6-7-12(17-11)13(14)15/h2-7H,8H2,1H3,(H,14,15). The summed E-state index contributed by atoms with van der Waals surface area (Å²) >= 11 is 1.24. The van der Waals surface area contributed by atoms with Crippen molar-refractivity contribution in [3.05, 3.63) is 51.7 Å². The average Bonchev–Trinajstić information content (AvgIpc) is 2.77. The maximum atomic E-state index is 10.7. The number of rotatable bonds is 4. The Bertz CT molecular complexity index is 514. The van der Waals surface area contributed by atoms with Crippen LogP contribution in [0.15, 0.2) is 36.4 Å². The third kappa shape index (κ3) is 3.07. The van der Waals surface area contributed by atoms with Gasteiger partial charge in [0.05, 0.1) is 0 Å². The van der Waals surface area contributed by atoms with Gasteiger partial charge in [-0.1, -0.05) is 17.7 Å². The van der Waals surface area contributed by atoms with Crippen LogP contribution >= 0.6 is 11.3 Å². The van der Waals surface area contributed by atoms with Gasteiger partial charge in [-0.2, -0.15) is 0 Å². The number of hydrogen-bond donors (Lipinski definition) is 1. The van der Waals surface area contributed by atoms with E-state index in [9.17, 15) is 4.79 Å². The Balaban J connectivity index is 1.97. The second-order valence-electron chi connectivity index (χ2n) is 3.67. The summed E-state index contributed by atoms with van der Waals surface area (Å²) in [4.78, 5) is 11.9. The van der Waals surface area contributed by atoms with Gasteiger partial charge in [0.15, 0.2) is 0 Å². The number of thiophene rings is 1. The van der Waals surface area contributed by atoms with E-state index >= 15 is 0 Å². The lowest BCUT2D eigenvalue weighted by atomic mass is 10.2. The van der Waals surface area contributed by atoms with Crippen molar-refractivity contribution in [3.8, 4) is 5.75 Å². The van der Waals surface area contributed by atoms with Gasteiger partial charge in [0.1, 0.15) is 17.2 Å². The predicted octanol–water partition coefficient (Wildman–Crippen LogP) is 3.33. The van der Waals surface area contributed by atoms with Gasteiger partial charge in [-0.15, -0.1) is 11.3 Å². The van der Waals surface area contributed by atoms with Crippen molar-refractivity contribution in [1.82, 2.24) is 0 Å². The molecule has 3 nitrogen and oxygen atoms in total. The molecule has 2 aromatic rings. The largest absolute Gasteiger partial charge is 0.488 e. The molecule has 88 valence electrons. The van der Waals surface area contributed by atoms with Gasteiger partial charge in [0.25, 0.3) is 0 Å². The second kappa shape index (κ2) is 5.01. The number of ether oxygens (including phenoxy) is 1. The predicted molar refractivity (Wildman–Crippen MR) is 66.8 cm³/mol. The van der Waals surface area contributed by atoms with Crippen molar-refractivity contribution in [2.45, 2.75) is 13.5 Å². The van der Waals surface area contributed by atoms with Crippen molar-refractivity contribution in [1.29, 1.82) is 0 Å². The molecule has 0 fully saturated rings. The minimum atomic E-state index is -0.892. The minimum absolute atomic E-state index is 0.340. The van der Waals surface area contributed by atoms with E-state index in [1.54, 1.807) is 12.1 Å². The van der Waals surface area contributed by atoms with Crippen LogP contribution in [-0.2, 0) is 6.61 Å². The highest BCUT2D eigenvalue weighted by atomic mass is 32.1. The van der Waals surface area contributed by atoms with Crippen LogP contribution in [0.4, 0.5) is 0 Å². The highest BCUT2D eigenvalue weighted by Gasteiger charge is 2.06. The Morgan fingerprint density at radius 2 is 1.94 bits per heavy atom. The van der Waals surface area contributed by atoms with Crippen LogP contribution in [0.5, 0.6) is 5.75 Å². The van der Waals surface area contributed by atoms with Crippen molar-refractivity contribution in [3.63, 3.8) is 0 Å². The first-order valence-electron chi connectivity index (χ1n) is 5.16. The summed E-state index contributed by atoms with van der Waals surface area (Å²) in [7, 11) is 0. The zero-order chi connectivity index (χ0) is 12.3. The second-order valence-corrected chi connectivity index (χ2v) is 4.84. The first kappa shape index (κ1) is 11.7. The molecule has 0 spiro atoms. The molecular weight excluding hydrogens is 236 g/mol. The van der Waals surface area contributed by atoms with Gasteiger partial charge in [-0.3, -0.25) is 0 Å². The third-order valence-electron chi connectivity index (χ3n) is 2.27. The van der Waals surface area contributed by atoms with Crippen LogP contribution in [-0.4, -0.2) is 11.1 Å². The molecule has 1 aromatic heterocycles. The van der Waals surface area contributed by atoms with Crippen molar-refractivity contribution in [2.24, 2.45) is 0 Å². The average molecular weight is 248 g/mol. The Kier molecular flexibility index (Phi) is 3.44. The first-order chi connectivity index (χ1) is 8.15. The van der Waals surface area contributed by atoms with Gasteiger partial charge in [0.2, 0.25) is 0 Å².